The highest BCUT2D eigenvalue weighted by molar-refractivity contribution is 6.09. The molecule has 122 valence electrons. The lowest BCUT2D eigenvalue weighted by Gasteiger charge is -2.24. The van der Waals surface area contributed by atoms with Crippen LogP contribution < -0.4 is 0 Å². The van der Waals surface area contributed by atoms with Crippen molar-refractivity contribution in [1.82, 2.24) is 4.98 Å². The van der Waals surface area contributed by atoms with E-state index in [1.54, 1.807) is 0 Å². The monoisotopic (exact) mass is 329 g/mol. The number of pyridine rings is 1. The largest absolute Gasteiger partial charge is 0.387 e. The molecular weight excluding hydrogens is 314 g/mol. The summed E-state index contributed by atoms with van der Waals surface area (Å²) >= 11 is 0. The summed E-state index contributed by atoms with van der Waals surface area (Å²) in [6.45, 7) is 0. The highest BCUT2D eigenvalue weighted by Gasteiger charge is 2.54. The number of rotatable bonds is 0. The third-order valence-corrected chi connectivity index (χ3v) is 5.55. The number of ether oxygens (including phenoxy) is 1. The topological polar surface area (TPSA) is 65.9 Å². The number of aromatic nitrogens is 1. The number of fused-ring (bicyclic) bond motifs is 8. The van der Waals surface area contributed by atoms with E-state index in [9.17, 15) is 10.2 Å². The van der Waals surface area contributed by atoms with Crippen LogP contribution in [-0.4, -0.2) is 27.4 Å². The molecule has 1 fully saturated rings. The molecule has 2 heterocycles. The number of hydrogen-bond acceptors (Lipinski definition) is 4. The molecule has 1 aliphatic carbocycles. The molecule has 0 spiro atoms. The Kier molecular flexibility index (Phi) is 2.50. The molecule has 0 radical (unpaired) electrons. The third-order valence-electron chi connectivity index (χ3n) is 5.55. The summed E-state index contributed by atoms with van der Waals surface area (Å²) in [4.78, 5) is 4.90. The molecule has 2 N–H and O–H groups in total. The van der Waals surface area contributed by atoms with Crippen LogP contribution in [-0.2, 0) is 4.74 Å². The van der Waals surface area contributed by atoms with E-state index in [-0.39, 0.29) is 12.2 Å². The average molecular weight is 329 g/mol. The fourth-order valence-corrected chi connectivity index (χ4v) is 4.23. The fourth-order valence-electron chi connectivity index (χ4n) is 4.23. The van der Waals surface area contributed by atoms with Crippen LogP contribution in [0.2, 0.25) is 0 Å². The van der Waals surface area contributed by atoms with Crippen molar-refractivity contribution < 1.29 is 14.9 Å². The Morgan fingerprint density at radius 2 is 1.72 bits per heavy atom. The van der Waals surface area contributed by atoms with E-state index < -0.39 is 12.2 Å². The molecule has 3 aromatic carbocycles. The number of aliphatic hydroxyl groups excluding tert-OH is 2. The zero-order valence-electron chi connectivity index (χ0n) is 13.3. The van der Waals surface area contributed by atoms with E-state index in [1.807, 2.05) is 30.3 Å². The first-order valence-corrected chi connectivity index (χ1v) is 8.49. The molecule has 0 saturated carbocycles. The molecule has 4 aromatic rings. The van der Waals surface area contributed by atoms with E-state index >= 15 is 0 Å². The number of hydrogen-bond donors (Lipinski definition) is 2. The first-order chi connectivity index (χ1) is 12.2. The van der Waals surface area contributed by atoms with Crippen LogP contribution in [0.4, 0.5) is 0 Å². The highest BCUT2D eigenvalue weighted by Crippen LogP contribution is 2.52. The summed E-state index contributed by atoms with van der Waals surface area (Å²) in [6.07, 6.45) is -2.26. The number of nitrogens with zero attached hydrogens (tertiary/aromatic N) is 1. The van der Waals surface area contributed by atoms with Crippen LogP contribution in [0, 0.1) is 0 Å². The smallest absolute Gasteiger partial charge is 0.118 e. The van der Waals surface area contributed by atoms with Gasteiger partial charge in [-0.3, -0.25) is 0 Å². The summed E-state index contributed by atoms with van der Waals surface area (Å²) in [5, 5.41) is 25.0. The third kappa shape index (κ3) is 1.74. The normalized spacial score (nSPS) is 27.4. The summed E-state index contributed by atoms with van der Waals surface area (Å²) in [7, 11) is 0. The zero-order chi connectivity index (χ0) is 16.7. The van der Waals surface area contributed by atoms with Crippen LogP contribution in [0.15, 0.2) is 54.6 Å². The summed E-state index contributed by atoms with van der Waals surface area (Å²) < 4.78 is 5.63. The first-order valence-electron chi connectivity index (χ1n) is 8.49. The lowest BCUT2D eigenvalue weighted by atomic mass is 9.85. The van der Waals surface area contributed by atoms with Crippen molar-refractivity contribution in [2.45, 2.75) is 24.4 Å². The number of epoxide rings is 1. The molecule has 2 aliphatic rings. The van der Waals surface area contributed by atoms with Gasteiger partial charge in [0.15, 0.2) is 0 Å². The lowest BCUT2D eigenvalue weighted by molar-refractivity contribution is 0.0000942. The highest BCUT2D eigenvalue weighted by atomic mass is 16.6. The molecule has 1 aliphatic heterocycles. The van der Waals surface area contributed by atoms with Crippen LogP contribution in [0.5, 0.6) is 0 Å². The van der Waals surface area contributed by atoms with Crippen molar-refractivity contribution in [2.75, 3.05) is 0 Å². The van der Waals surface area contributed by atoms with Crippen molar-refractivity contribution in [3.8, 4) is 0 Å². The van der Waals surface area contributed by atoms with Crippen LogP contribution in [0.1, 0.15) is 23.3 Å². The van der Waals surface area contributed by atoms with Crippen molar-refractivity contribution in [1.29, 1.82) is 0 Å². The van der Waals surface area contributed by atoms with Crippen molar-refractivity contribution >= 4 is 32.6 Å². The van der Waals surface area contributed by atoms with Gasteiger partial charge in [-0.15, -0.1) is 0 Å². The Bertz CT molecular complexity index is 1190. The Balaban J connectivity index is 1.72. The lowest BCUT2D eigenvalue weighted by Crippen LogP contribution is -2.29. The average Bonchev–Trinajstić information content (AvgIpc) is 3.44. The second-order valence-corrected chi connectivity index (χ2v) is 6.94. The van der Waals surface area contributed by atoms with E-state index in [2.05, 4.69) is 24.3 Å². The maximum atomic E-state index is 10.4. The van der Waals surface area contributed by atoms with Gasteiger partial charge in [-0.25, -0.2) is 4.98 Å². The fraction of sp³-hybridized carbons (Fsp3) is 0.190. The molecule has 0 bridgehead atoms. The van der Waals surface area contributed by atoms with E-state index in [0.29, 0.717) is 0 Å². The van der Waals surface area contributed by atoms with Gasteiger partial charge in [-0.1, -0.05) is 42.5 Å². The van der Waals surface area contributed by atoms with Gasteiger partial charge in [0.25, 0.3) is 0 Å². The first kappa shape index (κ1) is 13.7. The molecule has 4 atom stereocenters. The minimum atomic E-state index is -0.919. The Morgan fingerprint density at radius 1 is 0.880 bits per heavy atom. The molecule has 25 heavy (non-hydrogen) atoms. The second-order valence-electron chi connectivity index (χ2n) is 6.94. The molecule has 4 heteroatoms. The van der Waals surface area contributed by atoms with Crippen molar-refractivity contribution in [3.63, 3.8) is 0 Å². The minimum absolute atomic E-state index is 0.164. The SMILES string of the molecule is OC1c2ccc3cc4c(ccc5ccccc54)nc3c2C2O[C@@H]2[C@H]1O. The maximum Gasteiger partial charge on any atom is 0.118 e. The van der Waals surface area contributed by atoms with Gasteiger partial charge in [0.1, 0.15) is 24.4 Å². The van der Waals surface area contributed by atoms with Gasteiger partial charge in [0.2, 0.25) is 0 Å². The predicted octanol–water partition coefficient (Wildman–Crippen LogP) is 3.39. The zero-order valence-corrected chi connectivity index (χ0v) is 13.3. The molecule has 1 saturated heterocycles. The summed E-state index contributed by atoms with van der Waals surface area (Å²) in [5.74, 6) is 0. The van der Waals surface area contributed by atoms with Crippen molar-refractivity contribution in [3.05, 3.63) is 65.7 Å². The molecule has 0 amide bonds. The van der Waals surface area contributed by atoms with Gasteiger partial charge in [0.05, 0.1) is 11.0 Å². The van der Waals surface area contributed by atoms with Gasteiger partial charge in [0, 0.05) is 16.3 Å². The van der Waals surface area contributed by atoms with Crippen LogP contribution in [0.3, 0.4) is 0 Å². The summed E-state index contributed by atoms with van der Waals surface area (Å²) in [6, 6.07) is 18.4. The van der Waals surface area contributed by atoms with Gasteiger partial charge >= 0.3 is 0 Å². The Morgan fingerprint density at radius 3 is 2.64 bits per heavy atom. The number of benzene rings is 3. The van der Waals surface area contributed by atoms with Crippen LogP contribution in [0.25, 0.3) is 32.6 Å². The minimum Gasteiger partial charge on any atom is -0.387 e. The molecule has 4 nitrogen and oxygen atoms in total. The second kappa shape index (κ2) is 4.55. The van der Waals surface area contributed by atoms with E-state index in [1.165, 1.54) is 10.8 Å². The molecular formula is C21H15NO3. The Hall–Kier alpha value is -2.53. The molecule has 6 rings (SSSR count). The van der Waals surface area contributed by atoms with Gasteiger partial charge < -0.3 is 14.9 Å². The van der Waals surface area contributed by atoms with Crippen molar-refractivity contribution in [2.24, 2.45) is 0 Å². The summed E-state index contributed by atoms with van der Waals surface area (Å²) in [5.41, 5.74) is 3.44. The molecule has 1 aromatic heterocycles. The van der Waals surface area contributed by atoms with E-state index in [0.717, 1.165) is 32.9 Å². The predicted molar refractivity (Wildman–Crippen MR) is 95.3 cm³/mol. The quantitative estimate of drug-likeness (QED) is 0.295. The maximum absolute atomic E-state index is 10.4. The standard InChI is InChI=1S/C21H15NO3/c23-18-13-7-5-11-9-14-12-4-2-1-3-10(12)6-8-15(14)22-17(11)16(13)20-21(25-20)19(18)24/h1-9,18-21,23-24H/t18?,19-,20?,21+/m0/s1. The van der Waals surface area contributed by atoms with Crippen LogP contribution >= 0.6 is 0 Å². The van der Waals surface area contributed by atoms with E-state index in [4.69, 9.17) is 9.72 Å². The Labute approximate surface area is 143 Å². The molecule has 2 unspecified atom stereocenters. The van der Waals surface area contributed by atoms with Gasteiger partial charge in [-0.2, -0.15) is 0 Å². The van der Waals surface area contributed by atoms with Gasteiger partial charge in [-0.05, 0) is 28.5 Å². The number of aliphatic hydroxyl groups is 2.